The number of hydrogen-bond acceptors (Lipinski definition) is 6. The summed E-state index contributed by atoms with van der Waals surface area (Å²) < 4.78 is 17.0. The third kappa shape index (κ3) is 3.33. The first kappa shape index (κ1) is 18.7. The van der Waals surface area contributed by atoms with Crippen LogP contribution in [0, 0.1) is 0 Å². The van der Waals surface area contributed by atoms with Gasteiger partial charge in [-0.15, -0.1) is 0 Å². The average molecular weight is 383 g/mol. The number of hydrogen-bond donors (Lipinski definition) is 1. The molecule has 4 rings (SSSR count). The van der Waals surface area contributed by atoms with Crippen molar-refractivity contribution in [1.82, 2.24) is 5.32 Å². The number of methoxy groups -OCH3 is 3. The summed E-state index contributed by atoms with van der Waals surface area (Å²) in [6, 6.07) is 10.4. The van der Waals surface area contributed by atoms with Crippen molar-refractivity contribution in [1.29, 1.82) is 0 Å². The molecule has 0 unspecified atom stereocenters. The first-order valence-corrected chi connectivity index (χ1v) is 9.87. The molecule has 0 bridgehead atoms. The van der Waals surface area contributed by atoms with Gasteiger partial charge >= 0.3 is 0 Å². The van der Waals surface area contributed by atoms with Gasteiger partial charge in [-0.3, -0.25) is 0 Å². The Morgan fingerprint density at radius 2 is 1.57 bits per heavy atom. The first-order valence-electron chi connectivity index (χ1n) is 9.87. The van der Waals surface area contributed by atoms with E-state index in [9.17, 15) is 0 Å². The molecular weight excluding hydrogens is 354 g/mol. The molecule has 2 aliphatic heterocycles. The van der Waals surface area contributed by atoms with Gasteiger partial charge in [0.05, 0.1) is 32.7 Å². The standard InChI is InChI=1S/C22H29N3O3/c1-26-19-7-5-4-6-18(19)24-10-12-25(13-11-24)21-17-8-9-23-15-16(17)14-20(27-2)22(21)28-3/h4-7,14,23H,8-13,15H2,1-3H3. The van der Waals surface area contributed by atoms with Crippen molar-refractivity contribution in [3.63, 3.8) is 0 Å². The van der Waals surface area contributed by atoms with Crippen LogP contribution in [0.5, 0.6) is 17.2 Å². The van der Waals surface area contributed by atoms with E-state index in [4.69, 9.17) is 14.2 Å². The maximum atomic E-state index is 5.81. The minimum absolute atomic E-state index is 0.812. The molecule has 1 saturated heterocycles. The van der Waals surface area contributed by atoms with Crippen LogP contribution in [0.15, 0.2) is 30.3 Å². The molecule has 2 aliphatic rings. The minimum Gasteiger partial charge on any atom is -0.495 e. The fraction of sp³-hybridized carbons (Fsp3) is 0.455. The Kier molecular flexibility index (Phi) is 5.48. The number of nitrogens with one attached hydrogen (secondary N) is 1. The van der Waals surface area contributed by atoms with Crippen molar-refractivity contribution in [2.75, 3.05) is 63.9 Å². The summed E-state index contributed by atoms with van der Waals surface area (Å²) in [6.45, 7) is 5.62. The molecule has 2 aromatic rings. The van der Waals surface area contributed by atoms with Gasteiger partial charge < -0.3 is 29.3 Å². The molecule has 1 fully saturated rings. The number of fused-ring (bicyclic) bond motifs is 1. The molecule has 0 atom stereocenters. The lowest BCUT2D eigenvalue weighted by Crippen LogP contribution is -2.47. The molecule has 150 valence electrons. The highest BCUT2D eigenvalue weighted by molar-refractivity contribution is 5.73. The third-order valence-electron chi connectivity index (χ3n) is 5.73. The lowest BCUT2D eigenvalue weighted by molar-refractivity contribution is 0.353. The van der Waals surface area contributed by atoms with Gasteiger partial charge in [0.25, 0.3) is 0 Å². The molecule has 0 aromatic heterocycles. The number of anilines is 2. The Bertz CT molecular complexity index is 818. The average Bonchev–Trinajstić information content (AvgIpc) is 2.77. The summed E-state index contributed by atoms with van der Waals surface area (Å²) in [5, 5.41) is 3.46. The zero-order valence-corrected chi connectivity index (χ0v) is 17.0. The lowest BCUT2D eigenvalue weighted by Gasteiger charge is -2.40. The zero-order valence-electron chi connectivity index (χ0n) is 17.0. The summed E-state index contributed by atoms with van der Waals surface area (Å²) in [5.41, 5.74) is 5.07. The number of para-hydroxylation sites is 2. The van der Waals surface area contributed by atoms with Gasteiger partial charge in [0.15, 0.2) is 11.5 Å². The van der Waals surface area contributed by atoms with E-state index >= 15 is 0 Å². The second kappa shape index (κ2) is 8.19. The van der Waals surface area contributed by atoms with Gasteiger partial charge in [-0.25, -0.2) is 0 Å². The van der Waals surface area contributed by atoms with Crippen molar-refractivity contribution in [3.8, 4) is 17.2 Å². The molecule has 1 N–H and O–H groups in total. The predicted molar refractivity (Wildman–Crippen MR) is 112 cm³/mol. The summed E-state index contributed by atoms with van der Waals surface area (Å²) >= 11 is 0. The van der Waals surface area contributed by atoms with Gasteiger partial charge in [0.1, 0.15) is 5.75 Å². The van der Waals surface area contributed by atoms with Crippen LogP contribution in [0.2, 0.25) is 0 Å². The predicted octanol–water partition coefficient (Wildman–Crippen LogP) is 2.68. The van der Waals surface area contributed by atoms with E-state index in [2.05, 4.69) is 33.3 Å². The smallest absolute Gasteiger partial charge is 0.184 e. The van der Waals surface area contributed by atoms with E-state index in [0.29, 0.717) is 0 Å². The highest BCUT2D eigenvalue weighted by atomic mass is 16.5. The number of rotatable bonds is 5. The van der Waals surface area contributed by atoms with Crippen LogP contribution in [-0.2, 0) is 13.0 Å². The van der Waals surface area contributed by atoms with Crippen molar-refractivity contribution < 1.29 is 14.2 Å². The maximum Gasteiger partial charge on any atom is 0.184 e. The van der Waals surface area contributed by atoms with Crippen molar-refractivity contribution in [3.05, 3.63) is 41.5 Å². The number of nitrogens with zero attached hydrogens (tertiary/aromatic N) is 2. The summed E-state index contributed by atoms with van der Waals surface area (Å²) in [6.07, 6.45) is 1.01. The van der Waals surface area contributed by atoms with Crippen LogP contribution in [0.3, 0.4) is 0 Å². The monoisotopic (exact) mass is 383 g/mol. The third-order valence-corrected chi connectivity index (χ3v) is 5.73. The number of benzene rings is 2. The van der Waals surface area contributed by atoms with E-state index in [1.165, 1.54) is 16.8 Å². The normalized spacial score (nSPS) is 16.5. The largest absolute Gasteiger partial charge is 0.495 e. The molecule has 0 radical (unpaired) electrons. The van der Waals surface area contributed by atoms with Gasteiger partial charge in [-0.05, 0) is 42.3 Å². The van der Waals surface area contributed by atoms with Crippen LogP contribution in [0.25, 0.3) is 0 Å². The molecule has 2 aromatic carbocycles. The second-order valence-electron chi connectivity index (χ2n) is 7.17. The number of piperazine rings is 1. The Morgan fingerprint density at radius 1 is 0.857 bits per heavy atom. The zero-order chi connectivity index (χ0) is 19.5. The Labute approximate surface area is 167 Å². The van der Waals surface area contributed by atoms with E-state index < -0.39 is 0 Å². The summed E-state index contributed by atoms with van der Waals surface area (Å²) in [5.74, 6) is 2.60. The minimum atomic E-state index is 0.812. The number of ether oxygens (including phenoxy) is 3. The molecule has 6 heteroatoms. The van der Waals surface area contributed by atoms with Crippen molar-refractivity contribution in [2.45, 2.75) is 13.0 Å². The van der Waals surface area contributed by atoms with Crippen LogP contribution in [0.1, 0.15) is 11.1 Å². The summed E-state index contributed by atoms with van der Waals surface area (Å²) in [7, 11) is 5.18. The molecule has 0 saturated carbocycles. The van der Waals surface area contributed by atoms with E-state index in [0.717, 1.165) is 68.6 Å². The molecule has 0 spiro atoms. The molecule has 0 amide bonds. The maximum absolute atomic E-state index is 5.81. The molecule has 0 aliphatic carbocycles. The van der Waals surface area contributed by atoms with E-state index in [1.807, 2.05) is 12.1 Å². The van der Waals surface area contributed by atoms with Gasteiger partial charge in [-0.2, -0.15) is 0 Å². The van der Waals surface area contributed by atoms with Crippen LogP contribution < -0.4 is 29.3 Å². The molecule has 6 nitrogen and oxygen atoms in total. The quantitative estimate of drug-likeness (QED) is 0.857. The highest BCUT2D eigenvalue weighted by Crippen LogP contribution is 2.44. The fourth-order valence-electron chi connectivity index (χ4n) is 4.34. The second-order valence-corrected chi connectivity index (χ2v) is 7.17. The highest BCUT2D eigenvalue weighted by Gasteiger charge is 2.28. The van der Waals surface area contributed by atoms with E-state index in [1.54, 1.807) is 21.3 Å². The van der Waals surface area contributed by atoms with Crippen molar-refractivity contribution >= 4 is 11.4 Å². The van der Waals surface area contributed by atoms with Crippen LogP contribution >= 0.6 is 0 Å². The molecule has 28 heavy (non-hydrogen) atoms. The molecule has 2 heterocycles. The Morgan fingerprint density at radius 3 is 2.29 bits per heavy atom. The lowest BCUT2D eigenvalue weighted by atomic mass is 9.96. The van der Waals surface area contributed by atoms with Crippen LogP contribution in [0.4, 0.5) is 11.4 Å². The van der Waals surface area contributed by atoms with Gasteiger partial charge in [0, 0.05) is 32.7 Å². The fourth-order valence-corrected chi connectivity index (χ4v) is 4.34. The van der Waals surface area contributed by atoms with E-state index in [-0.39, 0.29) is 0 Å². The molecular formula is C22H29N3O3. The Hall–Kier alpha value is -2.60. The van der Waals surface area contributed by atoms with Gasteiger partial charge in [-0.1, -0.05) is 12.1 Å². The first-order chi connectivity index (χ1) is 13.8. The van der Waals surface area contributed by atoms with Crippen LogP contribution in [-0.4, -0.2) is 54.1 Å². The Balaban J connectivity index is 1.62. The van der Waals surface area contributed by atoms with Crippen molar-refractivity contribution in [2.24, 2.45) is 0 Å². The topological polar surface area (TPSA) is 46.2 Å². The summed E-state index contributed by atoms with van der Waals surface area (Å²) in [4.78, 5) is 4.85. The SMILES string of the molecule is COc1ccccc1N1CCN(c2c3c(cc(OC)c2OC)CNCC3)CC1. The van der Waals surface area contributed by atoms with Gasteiger partial charge in [0.2, 0.25) is 0 Å².